The first kappa shape index (κ1) is 27.2. The predicted molar refractivity (Wildman–Crippen MR) is 136 cm³/mol. The minimum absolute atomic E-state index is 0.0365. The Kier molecular flexibility index (Phi) is 8.80. The van der Waals surface area contributed by atoms with Crippen LogP contribution in [0.1, 0.15) is 42.6 Å². The second-order valence-electron chi connectivity index (χ2n) is 9.19. The van der Waals surface area contributed by atoms with Crippen LogP contribution in [0.5, 0.6) is 0 Å². The van der Waals surface area contributed by atoms with Gasteiger partial charge in [-0.25, -0.2) is 4.98 Å². The van der Waals surface area contributed by atoms with Crippen molar-refractivity contribution in [2.45, 2.75) is 62.7 Å². The van der Waals surface area contributed by atoms with Crippen LogP contribution in [0, 0.1) is 0 Å². The van der Waals surface area contributed by atoms with Gasteiger partial charge in [-0.2, -0.15) is 0 Å². The molecule has 0 bridgehead atoms. The average Bonchev–Trinajstić information content (AvgIpc) is 2.97. The van der Waals surface area contributed by atoms with Gasteiger partial charge in [0.1, 0.15) is 29.8 Å². The lowest BCUT2D eigenvalue weighted by Gasteiger charge is -2.19. The second kappa shape index (κ2) is 11.7. The molecule has 3 heterocycles. The summed E-state index contributed by atoms with van der Waals surface area (Å²) in [5.74, 6) is 0. The lowest BCUT2D eigenvalue weighted by Crippen LogP contribution is -2.35. The summed E-state index contributed by atoms with van der Waals surface area (Å²) in [6.45, 7) is 1.83. The molecule has 5 N–H and O–H groups in total. The molecule has 196 valence electrons. The molecule has 0 unspecified atom stereocenters. The summed E-state index contributed by atoms with van der Waals surface area (Å²) in [6.07, 6.45) is -1.36. The summed E-state index contributed by atoms with van der Waals surface area (Å²) in [5.41, 5.74) is 3.66. The van der Waals surface area contributed by atoms with E-state index < -0.39 is 38.4 Å². The third kappa shape index (κ3) is 6.90. The molecule has 0 radical (unpaired) electrons. The average molecular weight is 540 g/mol. The van der Waals surface area contributed by atoms with Gasteiger partial charge in [-0.1, -0.05) is 41.9 Å². The Labute approximate surface area is 214 Å². The molecule has 6 atom stereocenters. The molecular weight excluding hydrogens is 509 g/mol. The summed E-state index contributed by atoms with van der Waals surface area (Å²) in [4.78, 5) is 27.1. The molecule has 36 heavy (non-hydrogen) atoms. The van der Waals surface area contributed by atoms with Gasteiger partial charge in [0.15, 0.2) is 0 Å². The maximum atomic E-state index is 11.0. The standard InChI is InChI=1S/C24H31ClN3O7P/c1-14(15-5-3-2-4-6-15)27-19-10-22(25)28-18-8-7-16(26-11-17(18)19)9-20-23(29)24(30)21(35-20)12-34-13-36(31,32)33/h2-6,10-11,14,16,20-21,23-24,29-30H,7-9,12-13H2,1H3,(H,27,28)(H2,31,32,33)/t14-,16-,20+,21-,23+,24-/m1/s1. The first-order valence-electron chi connectivity index (χ1n) is 11.8. The van der Waals surface area contributed by atoms with Crippen molar-refractivity contribution in [1.82, 2.24) is 4.98 Å². The molecule has 10 nitrogen and oxygen atoms in total. The maximum absolute atomic E-state index is 11.0. The van der Waals surface area contributed by atoms with Crippen molar-refractivity contribution >= 4 is 31.1 Å². The third-order valence-corrected chi connectivity index (χ3v) is 7.13. The topological polar surface area (TPSA) is 154 Å². The number of halogens is 1. The van der Waals surface area contributed by atoms with E-state index >= 15 is 0 Å². The smallest absolute Gasteiger partial charge is 0.350 e. The zero-order valence-electron chi connectivity index (χ0n) is 19.8. The van der Waals surface area contributed by atoms with Gasteiger partial charge in [0, 0.05) is 23.5 Å². The molecule has 1 saturated heterocycles. The van der Waals surface area contributed by atoms with Crippen LogP contribution in [0.15, 0.2) is 41.4 Å². The van der Waals surface area contributed by atoms with E-state index in [2.05, 4.69) is 29.4 Å². The molecule has 0 saturated carbocycles. The fourth-order valence-electron chi connectivity index (χ4n) is 4.54. The number of aliphatic hydroxyl groups excluding tert-OH is 2. The molecule has 2 aliphatic heterocycles. The van der Waals surface area contributed by atoms with Gasteiger partial charge in [0.05, 0.1) is 24.4 Å². The van der Waals surface area contributed by atoms with Crippen LogP contribution in [-0.2, 0) is 20.5 Å². The van der Waals surface area contributed by atoms with E-state index in [9.17, 15) is 14.8 Å². The van der Waals surface area contributed by atoms with E-state index in [4.69, 9.17) is 35.9 Å². The number of aromatic nitrogens is 1. The van der Waals surface area contributed by atoms with Crippen LogP contribution in [0.4, 0.5) is 5.69 Å². The second-order valence-corrected chi connectivity index (χ2v) is 11.2. The van der Waals surface area contributed by atoms with Crippen molar-refractivity contribution in [2.75, 3.05) is 18.3 Å². The minimum atomic E-state index is -4.33. The molecule has 1 fully saturated rings. The number of nitrogens with zero attached hydrogens (tertiary/aromatic N) is 2. The number of benzene rings is 1. The van der Waals surface area contributed by atoms with Gasteiger partial charge in [-0.05, 0) is 37.8 Å². The Hall–Kier alpha value is -1.88. The number of aryl methyl sites for hydroxylation is 1. The fraction of sp³-hybridized carbons (Fsp3) is 0.500. The van der Waals surface area contributed by atoms with E-state index in [1.54, 1.807) is 12.3 Å². The van der Waals surface area contributed by atoms with Crippen molar-refractivity contribution in [1.29, 1.82) is 0 Å². The zero-order chi connectivity index (χ0) is 25.9. The van der Waals surface area contributed by atoms with Gasteiger partial charge in [0.2, 0.25) is 0 Å². The summed E-state index contributed by atoms with van der Waals surface area (Å²) in [7, 11) is -4.33. The summed E-state index contributed by atoms with van der Waals surface area (Å²) < 4.78 is 21.7. The first-order chi connectivity index (χ1) is 17.1. The third-order valence-electron chi connectivity index (χ3n) is 6.41. The highest BCUT2D eigenvalue weighted by molar-refractivity contribution is 7.51. The number of hydrogen-bond acceptors (Lipinski definition) is 8. The van der Waals surface area contributed by atoms with Crippen LogP contribution in [0.2, 0.25) is 5.15 Å². The SMILES string of the molecule is C[C@@H](Nc1cc(Cl)nc2c1C=N[C@@H](C[C@@H]1O[C@H](COCP(=O)(O)O)[C@@H](O)[C@H]1O)CC2)c1ccccc1. The van der Waals surface area contributed by atoms with Crippen molar-refractivity contribution in [2.24, 2.45) is 4.99 Å². The molecule has 12 heteroatoms. The number of aliphatic imine (C=N–C) groups is 1. The maximum Gasteiger partial charge on any atom is 0.350 e. The lowest BCUT2D eigenvalue weighted by molar-refractivity contribution is -0.0411. The Bertz CT molecular complexity index is 1120. The Morgan fingerprint density at radius 2 is 1.94 bits per heavy atom. The number of fused-ring (bicyclic) bond motifs is 1. The summed E-state index contributed by atoms with van der Waals surface area (Å²) in [6, 6.07) is 11.7. The normalized spacial score (nSPS) is 26.9. The Balaban J connectivity index is 1.42. The van der Waals surface area contributed by atoms with Crippen LogP contribution in [0.3, 0.4) is 0 Å². The number of hydrogen-bond donors (Lipinski definition) is 5. The number of aliphatic hydroxyl groups is 2. The van der Waals surface area contributed by atoms with E-state index in [1.165, 1.54) is 0 Å². The molecule has 2 aliphatic rings. The van der Waals surface area contributed by atoms with Crippen molar-refractivity contribution < 1.29 is 34.0 Å². The summed E-state index contributed by atoms with van der Waals surface area (Å²) >= 11 is 6.32. The fourth-order valence-corrected chi connectivity index (χ4v) is 5.09. The van der Waals surface area contributed by atoms with Gasteiger partial charge < -0.3 is 34.8 Å². The number of pyridine rings is 1. The molecule has 1 aromatic carbocycles. The minimum Gasteiger partial charge on any atom is -0.388 e. The van der Waals surface area contributed by atoms with Gasteiger partial charge >= 0.3 is 7.60 Å². The highest BCUT2D eigenvalue weighted by Gasteiger charge is 2.43. The highest BCUT2D eigenvalue weighted by atomic mass is 35.5. The van der Waals surface area contributed by atoms with Crippen LogP contribution < -0.4 is 5.32 Å². The number of rotatable bonds is 9. The van der Waals surface area contributed by atoms with Gasteiger partial charge in [0.25, 0.3) is 0 Å². The monoisotopic (exact) mass is 539 g/mol. The molecule has 0 aliphatic carbocycles. The van der Waals surface area contributed by atoms with Crippen LogP contribution >= 0.6 is 19.2 Å². The Morgan fingerprint density at radius 1 is 1.22 bits per heavy atom. The quantitative estimate of drug-likeness (QED) is 0.239. The molecule has 4 rings (SSSR count). The molecular formula is C24H31ClN3O7P. The first-order valence-corrected chi connectivity index (χ1v) is 14.0. The van der Waals surface area contributed by atoms with Crippen molar-refractivity contribution in [3.8, 4) is 0 Å². The lowest BCUT2D eigenvalue weighted by atomic mass is 9.99. The summed E-state index contributed by atoms with van der Waals surface area (Å²) in [5, 5.41) is 24.7. The Morgan fingerprint density at radius 3 is 2.67 bits per heavy atom. The number of anilines is 1. The predicted octanol–water partition coefficient (Wildman–Crippen LogP) is 2.67. The van der Waals surface area contributed by atoms with E-state index in [0.717, 1.165) is 22.5 Å². The molecule has 0 amide bonds. The number of ether oxygens (including phenoxy) is 2. The molecule has 1 aromatic heterocycles. The van der Waals surface area contributed by atoms with Crippen LogP contribution in [0.25, 0.3) is 0 Å². The van der Waals surface area contributed by atoms with Gasteiger partial charge in [-0.15, -0.1) is 0 Å². The molecule has 2 aromatic rings. The largest absolute Gasteiger partial charge is 0.388 e. The van der Waals surface area contributed by atoms with Crippen molar-refractivity contribution in [3.63, 3.8) is 0 Å². The van der Waals surface area contributed by atoms with Crippen molar-refractivity contribution in [3.05, 3.63) is 58.4 Å². The zero-order valence-corrected chi connectivity index (χ0v) is 21.4. The number of nitrogens with one attached hydrogen (secondary N) is 1. The van der Waals surface area contributed by atoms with Crippen LogP contribution in [-0.4, -0.2) is 74.6 Å². The highest BCUT2D eigenvalue weighted by Crippen LogP contribution is 2.35. The van der Waals surface area contributed by atoms with E-state index in [0.29, 0.717) is 24.4 Å². The van der Waals surface area contributed by atoms with E-state index in [-0.39, 0.29) is 18.7 Å². The van der Waals surface area contributed by atoms with E-state index in [1.807, 2.05) is 18.2 Å². The van der Waals surface area contributed by atoms with Gasteiger partial charge in [-0.3, -0.25) is 9.56 Å². The molecule has 0 spiro atoms.